The Morgan fingerprint density at radius 3 is 1.93 bits per heavy atom. The van der Waals surface area contributed by atoms with Gasteiger partial charge in [0.05, 0.1) is 19.7 Å². The van der Waals surface area contributed by atoms with Crippen molar-refractivity contribution in [3.8, 4) is 0 Å². The van der Waals surface area contributed by atoms with Crippen molar-refractivity contribution in [2.24, 2.45) is 5.10 Å². The Kier molecular flexibility index (Phi) is 8.77. The quantitative estimate of drug-likeness (QED) is 0.286. The lowest BCUT2D eigenvalue weighted by molar-refractivity contribution is -0.162. The van der Waals surface area contributed by atoms with Gasteiger partial charge in [-0.05, 0) is 30.9 Å². The smallest absolute Gasteiger partial charge is 0.383 e. The molecule has 0 saturated carbocycles. The third-order valence-corrected chi connectivity index (χ3v) is 4.34. The Morgan fingerprint density at radius 1 is 0.966 bits per heavy atom. The van der Waals surface area contributed by atoms with E-state index < -0.39 is 17.6 Å². The summed E-state index contributed by atoms with van der Waals surface area (Å²) in [6.45, 7) is 4.02. The summed E-state index contributed by atoms with van der Waals surface area (Å²) < 4.78 is 34.2. The van der Waals surface area contributed by atoms with E-state index in [2.05, 4.69) is 9.84 Å². The first-order chi connectivity index (χ1) is 14.0. The Hall–Kier alpha value is -2.76. The van der Waals surface area contributed by atoms with Gasteiger partial charge in [0.1, 0.15) is 5.71 Å². The minimum absolute atomic E-state index is 0.0302. The highest BCUT2D eigenvalue weighted by Gasteiger charge is 2.46. The number of esters is 1. The Bertz CT molecular complexity index is 738. The van der Waals surface area contributed by atoms with Crippen LogP contribution in [0.3, 0.4) is 0 Å². The highest BCUT2D eigenvalue weighted by atomic mass is 19.3. The number of carbonyl (C=O) groups is 1. The minimum Gasteiger partial charge on any atom is -0.461 e. The van der Waals surface area contributed by atoms with Crippen molar-refractivity contribution in [3.05, 3.63) is 71.8 Å². The maximum atomic E-state index is 14.8. The topological polar surface area (TPSA) is 41.9 Å². The van der Waals surface area contributed by atoms with Gasteiger partial charge in [0, 0.05) is 0 Å². The molecule has 0 aliphatic carbocycles. The van der Waals surface area contributed by atoms with E-state index in [1.807, 2.05) is 67.6 Å². The van der Waals surface area contributed by atoms with Gasteiger partial charge in [-0.1, -0.05) is 74.0 Å². The summed E-state index contributed by atoms with van der Waals surface area (Å²) in [6.07, 6.45) is 1.26. The number of hydrazone groups is 1. The van der Waals surface area contributed by atoms with Gasteiger partial charge in [-0.2, -0.15) is 13.9 Å². The van der Waals surface area contributed by atoms with Crippen molar-refractivity contribution in [2.75, 3.05) is 6.61 Å². The van der Waals surface area contributed by atoms with Crippen LogP contribution in [0.25, 0.3) is 0 Å². The Morgan fingerprint density at radius 2 is 1.48 bits per heavy atom. The Labute approximate surface area is 171 Å². The van der Waals surface area contributed by atoms with E-state index in [1.54, 1.807) is 5.01 Å². The van der Waals surface area contributed by atoms with Crippen LogP contribution in [-0.2, 0) is 22.6 Å². The number of nitrogens with zero attached hydrogens (tertiary/aromatic N) is 2. The molecule has 0 aliphatic rings. The molecule has 2 rings (SSSR count). The summed E-state index contributed by atoms with van der Waals surface area (Å²) in [5.74, 6) is -5.30. The maximum absolute atomic E-state index is 14.8. The predicted octanol–water partition coefficient (Wildman–Crippen LogP) is 5.43. The third-order valence-electron chi connectivity index (χ3n) is 4.34. The van der Waals surface area contributed by atoms with Gasteiger partial charge in [-0.25, -0.2) is 4.79 Å². The monoisotopic (exact) mass is 402 g/mol. The van der Waals surface area contributed by atoms with Gasteiger partial charge in [-0.15, -0.1) is 0 Å². The molecule has 29 heavy (non-hydrogen) atoms. The van der Waals surface area contributed by atoms with Crippen LogP contribution in [0.4, 0.5) is 8.78 Å². The molecule has 0 saturated heterocycles. The van der Waals surface area contributed by atoms with Crippen LogP contribution in [0.5, 0.6) is 0 Å². The van der Waals surface area contributed by atoms with Crippen molar-refractivity contribution >= 4 is 11.7 Å². The van der Waals surface area contributed by atoms with Crippen molar-refractivity contribution in [3.63, 3.8) is 0 Å². The van der Waals surface area contributed by atoms with E-state index in [-0.39, 0.29) is 13.0 Å². The molecule has 0 radical (unpaired) electrons. The number of halogens is 2. The van der Waals surface area contributed by atoms with E-state index in [9.17, 15) is 13.6 Å². The molecule has 2 aromatic rings. The molecule has 0 aromatic heterocycles. The third kappa shape index (κ3) is 6.97. The van der Waals surface area contributed by atoms with Crippen LogP contribution in [-0.4, -0.2) is 29.2 Å². The lowest BCUT2D eigenvalue weighted by atomic mass is 10.1. The fourth-order valence-corrected chi connectivity index (χ4v) is 2.84. The average molecular weight is 402 g/mol. The SMILES string of the molecule is CCCC/C(=N\N(Cc1ccccc1)Cc1ccccc1)C(F)(F)C(=O)OCC. The van der Waals surface area contributed by atoms with Crippen LogP contribution in [0.2, 0.25) is 0 Å². The van der Waals surface area contributed by atoms with E-state index in [0.717, 1.165) is 17.5 Å². The number of alkyl halides is 2. The molecule has 0 aliphatic heterocycles. The molecule has 0 unspecified atom stereocenters. The lowest BCUT2D eigenvalue weighted by Crippen LogP contribution is -2.41. The van der Waals surface area contributed by atoms with Gasteiger partial charge in [0.2, 0.25) is 0 Å². The molecule has 6 heteroatoms. The maximum Gasteiger partial charge on any atom is 0.383 e. The summed E-state index contributed by atoms with van der Waals surface area (Å²) in [6, 6.07) is 19.1. The summed E-state index contributed by atoms with van der Waals surface area (Å²) >= 11 is 0. The van der Waals surface area contributed by atoms with Crippen LogP contribution < -0.4 is 0 Å². The molecule has 0 amide bonds. The summed E-state index contributed by atoms with van der Waals surface area (Å²) in [5.41, 5.74) is 1.44. The van der Waals surface area contributed by atoms with Gasteiger partial charge < -0.3 is 4.74 Å². The normalized spacial score (nSPS) is 11.9. The first-order valence-electron chi connectivity index (χ1n) is 9.93. The number of hydrogen-bond acceptors (Lipinski definition) is 4. The molecule has 4 nitrogen and oxygen atoms in total. The van der Waals surface area contributed by atoms with Crippen LogP contribution in [0.15, 0.2) is 65.8 Å². The highest BCUT2D eigenvalue weighted by Crippen LogP contribution is 2.23. The zero-order valence-corrected chi connectivity index (χ0v) is 17.0. The van der Waals surface area contributed by atoms with Crippen molar-refractivity contribution in [1.82, 2.24) is 5.01 Å². The highest BCUT2D eigenvalue weighted by molar-refractivity contribution is 6.08. The summed E-state index contributed by atoms with van der Waals surface area (Å²) in [4.78, 5) is 11.9. The molecule has 0 spiro atoms. The van der Waals surface area contributed by atoms with Gasteiger partial charge in [-0.3, -0.25) is 5.01 Å². The molecule has 2 aromatic carbocycles. The summed E-state index contributed by atoms with van der Waals surface area (Å²) in [5, 5.41) is 5.86. The lowest BCUT2D eigenvalue weighted by Gasteiger charge is -2.24. The van der Waals surface area contributed by atoms with E-state index in [4.69, 9.17) is 0 Å². The summed E-state index contributed by atoms with van der Waals surface area (Å²) in [7, 11) is 0. The number of benzene rings is 2. The molecular formula is C23H28F2N2O2. The second-order valence-electron chi connectivity index (χ2n) is 6.74. The molecule has 0 atom stereocenters. The zero-order chi connectivity index (χ0) is 21.1. The molecule has 0 fully saturated rings. The van der Waals surface area contributed by atoms with E-state index in [1.165, 1.54) is 6.92 Å². The van der Waals surface area contributed by atoms with Gasteiger partial charge >= 0.3 is 11.9 Å². The predicted molar refractivity (Wildman–Crippen MR) is 111 cm³/mol. The van der Waals surface area contributed by atoms with E-state index in [0.29, 0.717) is 19.5 Å². The largest absolute Gasteiger partial charge is 0.461 e. The van der Waals surface area contributed by atoms with Crippen molar-refractivity contribution in [2.45, 2.75) is 52.1 Å². The molecule has 0 bridgehead atoms. The van der Waals surface area contributed by atoms with Gasteiger partial charge in [0.25, 0.3) is 0 Å². The second kappa shape index (κ2) is 11.3. The fourth-order valence-electron chi connectivity index (χ4n) is 2.84. The second-order valence-corrected chi connectivity index (χ2v) is 6.74. The zero-order valence-electron chi connectivity index (χ0n) is 17.0. The number of rotatable bonds is 11. The standard InChI is InChI=1S/C23H28F2N2O2/c1-3-5-16-21(23(24,25)22(28)29-4-2)26-27(17-19-12-8-6-9-13-19)18-20-14-10-7-11-15-20/h6-15H,3-5,16-18H2,1-2H3/b26-21+. The van der Waals surface area contributed by atoms with Gasteiger partial charge in [0.15, 0.2) is 0 Å². The van der Waals surface area contributed by atoms with Crippen LogP contribution in [0.1, 0.15) is 44.2 Å². The molecule has 156 valence electrons. The first kappa shape index (κ1) is 22.5. The first-order valence-corrected chi connectivity index (χ1v) is 9.93. The molecular weight excluding hydrogens is 374 g/mol. The molecule has 0 heterocycles. The number of carbonyl (C=O) groups excluding carboxylic acids is 1. The van der Waals surface area contributed by atoms with E-state index >= 15 is 0 Å². The minimum atomic E-state index is -3.75. The average Bonchev–Trinajstić information content (AvgIpc) is 2.72. The number of unbranched alkanes of at least 4 members (excludes halogenated alkanes) is 1. The molecule has 0 N–H and O–H groups in total. The van der Waals surface area contributed by atoms with Crippen LogP contribution in [0, 0.1) is 0 Å². The van der Waals surface area contributed by atoms with Crippen molar-refractivity contribution in [1.29, 1.82) is 0 Å². The number of ether oxygens (including phenoxy) is 1. The number of hydrogen-bond donors (Lipinski definition) is 0. The fraction of sp³-hybridized carbons (Fsp3) is 0.391. The Balaban J connectivity index is 2.36. The van der Waals surface area contributed by atoms with Crippen molar-refractivity contribution < 1.29 is 18.3 Å². The van der Waals surface area contributed by atoms with Crippen LogP contribution >= 0.6 is 0 Å².